The van der Waals surface area contributed by atoms with Gasteiger partial charge in [0.25, 0.3) is 0 Å². The molecular formula is C48H82N3O2+. The Kier molecular flexibility index (Phi) is 16.9. The average Bonchev–Trinajstić information content (AvgIpc) is 3.02. The lowest BCUT2D eigenvalue weighted by atomic mass is 9.78. The van der Waals surface area contributed by atoms with Gasteiger partial charge in [-0.2, -0.15) is 0 Å². The van der Waals surface area contributed by atoms with Crippen LogP contribution in [0.3, 0.4) is 0 Å². The molecule has 0 fully saturated rings. The van der Waals surface area contributed by atoms with Crippen molar-refractivity contribution < 1.29 is 14.7 Å². The molecule has 0 aromatic heterocycles. The Morgan fingerprint density at radius 2 is 0.849 bits per heavy atom. The first-order valence-corrected chi connectivity index (χ1v) is 21.1. The van der Waals surface area contributed by atoms with Gasteiger partial charge in [-0.3, -0.25) is 9.98 Å². The first kappa shape index (κ1) is 46.5. The molecule has 2 aromatic rings. The third kappa shape index (κ3) is 13.3. The summed E-state index contributed by atoms with van der Waals surface area (Å²) in [7, 11) is 0. The van der Waals surface area contributed by atoms with Crippen LogP contribution >= 0.6 is 0 Å². The van der Waals surface area contributed by atoms with Crippen LogP contribution in [0.25, 0.3) is 0 Å². The normalized spacial score (nSPS) is 14.0. The fourth-order valence-corrected chi connectivity index (χ4v) is 7.71. The fourth-order valence-electron chi connectivity index (χ4n) is 7.71. The molecule has 0 atom stereocenters. The second-order valence-corrected chi connectivity index (χ2v) is 19.9. The largest absolute Gasteiger partial charge is 0.507 e. The summed E-state index contributed by atoms with van der Waals surface area (Å²) in [5.41, 5.74) is 7.52. The van der Waals surface area contributed by atoms with E-state index >= 15 is 0 Å². The predicted octanol–water partition coefficient (Wildman–Crippen LogP) is 12.6. The minimum Gasteiger partial charge on any atom is -0.507 e. The first-order valence-electron chi connectivity index (χ1n) is 21.1. The second-order valence-electron chi connectivity index (χ2n) is 19.9. The van der Waals surface area contributed by atoms with E-state index in [2.05, 4.69) is 135 Å². The van der Waals surface area contributed by atoms with Crippen LogP contribution in [0.15, 0.2) is 34.3 Å². The van der Waals surface area contributed by atoms with E-state index < -0.39 is 0 Å². The minimum absolute atomic E-state index is 0.0608. The minimum atomic E-state index is -0.214. The van der Waals surface area contributed by atoms with E-state index in [0.29, 0.717) is 24.6 Å². The lowest BCUT2D eigenvalue weighted by Crippen LogP contribution is -2.50. The maximum Gasteiger partial charge on any atom is 0.128 e. The number of quaternary nitrogens is 1. The van der Waals surface area contributed by atoms with E-state index in [4.69, 9.17) is 9.98 Å². The molecule has 0 aliphatic heterocycles. The van der Waals surface area contributed by atoms with Gasteiger partial charge in [0.05, 0.1) is 39.3 Å². The summed E-state index contributed by atoms with van der Waals surface area (Å²) < 4.78 is 1.16. The van der Waals surface area contributed by atoms with Gasteiger partial charge < -0.3 is 14.7 Å². The Balaban J connectivity index is 2.72. The quantitative estimate of drug-likeness (QED) is 0.0910. The van der Waals surface area contributed by atoms with Crippen molar-refractivity contribution in [3.63, 3.8) is 0 Å². The van der Waals surface area contributed by atoms with Gasteiger partial charge >= 0.3 is 0 Å². The number of aliphatic imine (C=N–C) groups is 2. The standard InChI is InChI=1S/C48H81N3O2/c1-17-21-23-41(37-31-35(45(5,6)7)33-39(43(37)52)47(11,12)13)49-25-26-50-42(24-22-30-51(27-18-2,28-19-3)29-20-4)38-32-36(46(8,9)10)34-40(44(38)53)48(14,15)16/h31-34H,17-30H2,1-16H3,(H-,49,50,52,53)/p+1. The molecule has 2 aromatic carbocycles. The molecule has 0 radical (unpaired) electrons. The van der Waals surface area contributed by atoms with Crippen molar-refractivity contribution in [3.8, 4) is 11.5 Å². The van der Waals surface area contributed by atoms with Crippen molar-refractivity contribution in [2.75, 3.05) is 39.3 Å². The lowest BCUT2D eigenvalue weighted by molar-refractivity contribution is -0.928. The van der Waals surface area contributed by atoms with Crippen molar-refractivity contribution >= 4 is 11.4 Å². The van der Waals surface area contributed by atoms with Crippen molar-refractivity contribution in [2.24, 2.45) is 9.98 Å². The van der Waals surface area contributed by atoms with Crippen LogP contribution in [0.1, 0.15) is 196 Å². The number of benzene rings is 2. The summed E-state index contributed by atoms with van der Waals surface area (Å²) in [5, 5.41) is 23.7. The van der Waals surface area contributed by atoms with Crippen LogP contribution in [0.5, 0.6) is 11.5 Å². The number of hydrogen-bond donors (Lipinski definition) is 2. The monoisotopic (exact) mass is 733 g/mol. The molecule has 0 saturated carbocycles. The van der Waals surface area contributed by atoms with Gasteiger partial charge in [0.2, 0.25) is 0 Å². The predicted molar refractivity (Wildman–Crippen MR) is 233 cm³/mol. The van der Waals surface area contributed by atoms with Gasteiger partial charge in [-0.15, -0.1) is 0 Å². The van der Waals surface area contributed by atoms with Gasteiger partial charge in [0.15, 0.2) is 0 Å². The Hall–Kier alpha value is -2.66. The highest BCUT2D eigenvalue weighted by Gasteiger charge is 2.29. The number of nitrogens with zero attached hydrogens (tertiary/aromatic N) is 3. The molecule has 0 bridgehead atoms. The summed E-state index contributed by atoms with van der Waals surface area (Å²) in [6, 6.07) is 8.77. The summed E-state index contributed by atoms with van der Waals surface area (Å²) in [6.45, 7) is 41.5. The van der Waals surface area contributed by atoms with Crippen molar-refractivity contribution in [2.45, 2.75) is 184 Å². The highest BCUT2D eigenvalue weighted by Crippen LogP contribution is 2.40. The maximum absolute atomic E-state index is 12.0. The summed E-state index contributed by atoms with van der Waals surface area (Å²) in [6.07, 6.45) is 8.28. The molecule has 2 rings (SSSR count). The second kappa shape index (κ2) is 19.3. The van der Waals surface area contributed by atoms with Crippen molar-refractivity contribution in [1.82, 2.24) is 0 Å². The molecule has 5 nitrogen and oxygen atoms in total. The van der Waals surface area contributed by atoms with Gasteiger partial charge in [-0.25, -0.2) is 0 Å². The zero-order valence-electron chi connectivity index (χ0n) is 37.4. The molecule has 0 spiro atoms. The van der Waals surface area contributed by atoms with Crippen LogP contribution in [-0.2, 0) is 21.7 Å². The fraction of sp³-hybridized carbons (Fsp3) is 0.708. The van der Waals surface area contributed by atoms with E-state index in [1.165, 1.54) is 50.0 Å². The third-order valence-electron chi connectivity index (χ3n) is 10.8. The van der Waals surface area contributed by atoms with E-state index in [1.54, 1.807) is 0 Å². The van der Waals surface area contributed by atoms with Crippen LogP contribution in [-0.4, -0.2) is 65.4 Å². The zero-order valence-corrected chi connectivity index (χ0v) is 37.4. The van der Waals surface area contributed by atoms with Crippen LogP contribution in [0, 0.1) is 0 Å². The van der Waals surface area contributed by atoms with Crippen LogP contribution in [0.2, 0.25) is 0 Å². The molecule has 2 N–H and O–H groups in total. The maximum atomic E-state index is 12.0. The molecule has 0 unspecified atom stereocenters. The van der Waals surface area contributed by atoms with Crippen LogP contribution in [0.4, 0.5) is 0 Å². The number of aromatic hydroxyl groups is 2. The molecule has 0 amide bonds. The number of unbranched alkanes of at least 4 members (excludes halogenated alkanes) is 1. The van der Waals surface area contributed by atoms with E-state index in [-0.39, 0.29) is 21.7 Å². The number of rotatable bonds is 18. The molecule has 5 heteroatoms. The summed E-state index contributed by atoms with van der Waals surface area (Å²) in [4.78, 5) is 10.5. The highest BCUT2D eigenvalue weighted by atomic mass is 16.3. The SMILES string of the molecule is CCCCC(=NCCN=C(CCC[N+](CCC)(CCC)CCC)c1cc(C(C)(C)C)cc(C(C)(C)C)c1O)c1cc(C(C)(C)C)cc(C(C)(C)C)c1O. The zero-order chi connectivity index (χ0) is 40.4. The highest BCUT2D eigenvalue weighted by molar-refractivity contribution is 6.04. The Bertz CT molecular complexity index is 1500. The van der Waals surface area contributed by atoms with Gasteiger partial charge in [-0.05, 0) is 83.4 Å². The molecule has 0 aliphatic rings. The number of phenolic OH excluding ortho intramolecular Hbond substituents is 2. The Labute approximate surface area is 327 Å². The summed E-state index contributed by atoms with van der Waals surface area (Å²) in [5.74, 6) is 0.724. The van der Waals surface area contributed by atoms with Crippen molar-refractivity contribution in [3.05, 3.63) is 57.6 Å². The van der Waals surface area contributed by atoms with E-state index in [9.17, 15) is 10.2 Å². The number of phenols is 2. The Morgan fingerprint density at radius 3 is 1.15 bits per heavy atom. The van der Waals surface area contributed by atoms with E-state index in [1.807, 2.05) is 0 Å². The van der Waals surface area contributed by atoms with Gasteiger partial charge in [0, 0.05) is 40.1 Å². The first-order chi connectivity index (χ1) is 24.5. The lowest BCUT2D eigenvalue weighted by Gasteiger charge is -2.38. The van der Waals surface area contributed by atoms with Crippen LogP contribution < -0.4 is 0 Å². The molecular weight excluding hydrogens is 651 g/mol. The van der Waals surface area contributed by atoms with Crippen molar-refractivity contribution in [1.29, 1.82) is 0 Å². The number of hydrogen-bond acceptors (Lipinski definition) is 4. The molecule has 0 aliphatic carbocycles. The molecule has 53 heavy (non-hydrogen) atoms. The summed E-state index contributed by atoms with van der Waals surface area (Å²) >= 11 is 0. The smallest absolute Gasteiger partial charge is 0.128 e. The molecule has 0 saturated heterocycles. The molecule has 0 heterocycles. The van der Waals surface area contributed by atoms with E-state index in [0.717, 1.165) is 76.8 Å². The molecule has 300 valence electrons. The topological polar surface area (TPSA) is 65.2 Å². The third-order valence-corrected chi connectivity index (χ3v) is 10.8. The average molecular weight is 733 g/mol. The van der Waals surface area contributed by atoms with Gasteiger partial charge in [0.1, 0.15) is 11.5 Å². The Morgan fingerprint density at radius 1 is 0.491 bits per heavy atom. The van der Waals surface area contributed by atoms with Gasteiger partial charge in [-0.1, -0.05) is 129 Å².